The minimum atomic E-state index is -4.46. The second kappa shape index (κ2) is 9.45. The number of hydrogen-bond acceptors (Lipinski definition) is 4. The fourth-order valence-electron chi connectivity index (χ4n) is 3.51. The highest BCUT2D eigenvalue weighted by Gasteiger charge is 2.29. The summed E-state index contributed by atoms with van der Waals surface area (Å²) in [6.45, 7) is 4.28. The van der Waals surface area contributed by atoms with Gasteiger partial charge in [-0.25, -0.2) is 4.79 Å². The Balaban J connectivity index is 1.45. The maximum absolute atomic E-state index is 12.5. The smallest absolute Gasteiger partial charge is 0.379 e. The number of ether oxygens (including phenoxy) is 1. The third kappa shape index (κ3) is 6.60. The molecule has 2 N–H and O–H groups in total. The standard InChI is InChI=1S/C19H25F3N4O3/c20-19(21,22)13-23-17(27)15-1-3-16(4-2-15)24-18(28)26-6-5-14(12-26)11-25-7-9-29-10-8-25/h1-4,14H,5-13H2,(H,23,27)(H,24,28)/t14-/m0/s1. The number of rotatable bonds is 5. The molecule has 0 aliphatic carbocycles. The average molecular weight is 414 g/mol. The van der Waals surface area contributed by atoms with Crippen LogP contribution in [0.15, 0.2) is 24.3 Å². The van der Waals surface area contributed by atoms with Gasteiger partial charge >= 0.3 is 12.2 Å². The first-order chi connectivity index (χ1) is 13.8. The van der Waals surface area contributed by atoms with Crippen molar-refractivity contribution in [1.29, 1.82) is 0 Å². The van der Waals surface area contributed by atoms with E-state index in [1.807, 2.05) is 5.32 Å². The number of morpholine rings is 1. The van der Waals surface area contributed by atoms with Gasteiger partial charge in [0.15, 0.2) is 0 Å². The molecule has 0 unspecified atom stereocenters. The molecular weight excluding hydrogens is 389 g/mol. The average Bonchev–Trinajstić information content (AvgIpc) is 3.15. The van der Waals surface area contributed by atoms with Crippen molar-refractivity contribution in [2.75, 3.05) is 57.8 Å². The zero-order chi connectivity index (χ0) is 20.9. The van der Waals surface area contributed by atoms with Gasteiger partial charge in [-0.1, -0.05) is 0 Å². The predicted octanol–water partition coefficient (Wildman–Crippen LogP) is 2.16. The highest BCUT2D eigenvalue weighted by Crippen LogP contribution is 2.20. The number of nitrogens with zero attached hydrogens (tertiary/aromatic N) is 2. The fourth-order valence-corrected chi connectivity index (χ4v) is 3.51. The van der Waals surface area contributed by atoms with Crippen LogP contribution in [0.5, 0.6) is 0 Å². The number of carbonyl (C=O) groups is 2. The van der Waals surface area contributed by atoms with E-state index in [1.54, 1.807) is 4.90 Å². The van der Waals surface area contributed by atoms with E-state index in [9.17, 15) is 22.8 Å². The second-order valence-electron chi connectivity index (χ2n) is 7.32. The van der Waals surface area contributed by atoms with Crippen molar-refractivity contribution in [1.82, 2.24) is 15.1 Å². The van der Waals surface area contributed by atoms with Crippen molar-refractivity contribution in [3.8, 4) is 0 Å². The van der Waals surface area contributed by atoms with E-state index >= 15 is 0 Å². The summed E-state index contributed by atoms with van der Waals surface area (Å²) in [6.07, 6.45) is -3.51. The third-order valence-corrected chi connectivity index (χ3v) is 5.04. The molecule has 0 bridgehead atoms. The third-order valence-electron chi connectivity index (χ3n) is 5.04. The van der Waals surface area contributed by atoms with Crippen LogP contribution in [-0.2, 0) is 4.74 Å². The molecule has 3 amide bonds. The lowest BCUT2D eigenvalue weighted by Crippen LogP contribution is -2.40. The number of hydrogen-bond donors (Lipinski definition) is 2. The monoisotopic (exact) mass is 414 g/mol. The van der Waals surface area contributed by atoms with Crippen LogP contribution in [0.3, 0.4) is 0 Å². The minimum Gasteiger partial charge on any atom is -0.379 e. The quantitative estimate of drug-likeness (QED) is 0.775. The van der Waals surface area contributed by atoms with Gasteiger partial charge in [0, 0.05) is 44.0 Å². The second-order valence-corrected chi connectivity index (χ2v) is 7.32. The summed E-state index contributed by atoms with van der Waals surface area (Å²) in [5, 5.41) is 4.58. The molecule has 3 rings (SSSR count). The first kappa shape index (κ1) is 21.4. The lowest BCUT2D eigenvalue weighted by Gasteiger charge is -2.29. The van der Waals surface area contributed by atoms with Crippen molar-refractivity contribution >= 4 is 17.6 Å². The summed E-state index contributed by atoms with van der Waals surface area (Å²) in [7, 11) is 0. The van der Waals surface area contributed by atoms with Crippen LogP contribution in [-0.4, -0.2) is 80.4 Å². The van der Waals surface area contributed by atoms with Gasteiger partial charge in [0.2, 0.25) is 0 Å². The molecule has 10 heteroatoms. The van der Waals surface area contributed by atoms with Gasteiger partial charge in [0.1, 0.15) is 6.54 Å². The highest BCUT2D eigenvalue weighted by atomic mass is 19.4. The predicted molar refractivity (Wildman–Crippen MR) is 101 cm³/mol. The maximum Gasteiger partial charge on any atom is 0.405 e. The Bertz CT molecular complexity index is 706. The normalized spacial score (nSPS) is 20.5. The molecule has 0 saturated carbocycles. The number of urea groups is 1. The molecule has 160 valence electrons. The molecule has 2 aliphatic rings. The zero-order valence-electron chi connectivity index (χ0n) is 16.0. The van der Waals surface area contributed by atoms with Gasteiger partial charge in [-0.3, -0.25) is 9.69 Å². The van der Waals surface area contributed by atoms with Crippen molar-refractivity contribution in [2.24, 2.45) is 5.92 Å². The molecular formula is C19H25F3N4O3. The van der Waals surface area contributed by atoms with Crippen LogP contribution in [0.1, 0.15) is 16.8 Å². The number of alkyl halides is 3. The van der Waals surface area contributed by atoms with E-state index in [4.69, 9.17) is 4.74 Å². The summed E-state index contributed by atoms with van der Waals surface area (Å²) in [5.74, 6) is -0.385. The Morgan fingerprint density at radius 2 is 1.79 bits per heavy atom. The fraction of sp³-hybridized carbons (Fsp3) is 0.579. The maximum atomic E-state index is 12.5. The first-order valence-corrected chi connectivity index (χ1v) is 9.61. The zero-order valence-corrected chi connectivity index (χ0v) is 16.0. The van der Waals surface area contributed by atoms with E-state index in [0.717, 1.165) is 39.3 Å². The number of benzene rings is 1. The van der Waals surface area contributed by atoms with E-state index in [0.29, 0.717) is 24.7 Å². The molecule has 2 heterocycles. The molecule has 29 heavy (non-hydrogen) atoms. The number of carbonyl (C=O) groups excluding carboxylic acids is 2. The van der Waals surface area contributed by atoms with E-state index in [1.165, 1.54) is 24.3 Å². The number of likely N-dealkylation sites (tertiary alicyclic amines) is 1. The molecule has 0 radical (unpaired) electrons. The van der Waals surface area contributed by atoms with E-state index in [2.05, 4.69) is 10.2 Å². The highest BCUT2D eigenvalue weighted by molar-refractivity contribution is 5.95. The first-order valence-electron chi connectivity index (χ1n) is 9.61. The van der Waals surface area contributed by atoms with Crippen molar-refractivity contribution in [3.05, 3.63) is 29.8 Å². The van der Waals surface area contributed by atoms with Crippen LogP contribution in [0.2, 0.25) is 0 Å². The topological polar surface area (TPSA) is 73.9 Å². The van der Waals surface area contributed by atoms with Crippen LogP contribution in [0.25, 0.3) is 0 Å². The Kier molecular flexibility index (Phi) is 6.96. The van der Waals surface area contributed by atoms with Crippen LogP contribution >= 0.6 is 0 Å². The molecule has 1 atom stereocenters. The Labute approximate surface area is 167 Å². The molecule has 2 saturated heterocycles. The number of halogens is 3. The van der Waals surface area contributed by atoms with Crippen LogP contribution in [0, 0.1) is 5.92 Å². The van der Waals surface area contributed by atoms with Crippen molar-refractivity contribution < 1.29 is 27.5 Å². The lowest BCUT2D eigenvalue weighted by molar-refractivity contribution is -0.123. The van der Waals surface area contributed by atoms with Crippen molar-refractivity contribution in [3.63, 3.8) is 0 Å². The molecule has 2 fully saturated rings. The molecule has 1 aromatic carbocycles. The van der Waals surface area contributed by atoms with Gasteiger partial charge < -0.3 is 20.3 Å². The molecule has 0 aromatic heterocycles. The molecule has 1 aromatic rings. The van der Waals surface area contributed by atoms with Gasteiger partial charge in [0.25, 0.3) is 5.91 Å². The number of anilines is 1. The summed E-state index contributed by atoms with van der Waals surface area (Å²) in [6, 6.07) is 5.55. The van der Waals surface area contributed by atoms with Gasteiger partial charge in [0.05, 0.1) is 13.2 Å². The van der Waals surface area contributed by atoms with Crippen molar-refractivity contribution in [2.45, 2.75) is 12.6 Å². The molecule has 0 spiro atoms. The number of amides is 3. The van der Waals surface area contributed by atoms with Crippen LogP contribution in [0.4, 0.5) is 23.7 Å². The Hall–Kier alpha value is -2.33. The molecule has 7 nitrogen and oxygen atoms in total. The summed E-state index contributed by atoms with van der Waals surface area (Å²) in [5.41, 5.74) is 0.581. The Morgan fingerprint density at radius 1 is 1.10 bits per heavy atom. The number of nitrogens with one attached hydrogen (secondary N) is 2. The van der Waals surface area contributed by atoms with Gasteiger partial charge in [-0.15, -0.1) is 0 Å². The van der Waals surface area contributed by atoms with Gasteiger partial charge in [-0.2, -0.15) is 13.2 Å². The SMILES string of the molecule is O=C(NCC(F)(F)F)c1ccc(NC(=O)N2CC[C@@H](CN3CCOCC3)C2)cc1. The van der Waals surface area contributed by atoms with E-state index in [-0.39, 0.29) is 11.6 Å². The largest absolute Gasteiger partial charge is 0.405 e. The van der Waals surface area contributed by atoms with Gasteiger partial charge in [-0.05, 0) is 36.6 Å². The minimum absolute atomic E-state index is 0.0963. The summed E-state index contributed by atoms with van der Waals surface area (Å²) in [4.78, 5) is 28.3. The van der Waals surface area contributed by atoms with E-state index < -0.39 is 18.6 Å². The molecule has 2 aliphatic heterocycles. The summed E-state index contributed by atoms with van der Waals surface area (Å²) >= 11 is 0. The summed E-state index contributed by atoms with van der Waals surface area (Å²) < 4.78 is 41.9. The van der Waals surface area contributed by atoms with Crippen LogP contribution < -0.4 is 10.6 Å². The lowest BCUT2D eigenvalue weighted by atomic mass is 10.1. The Morgan fingerprint density at radius 3 is 2.45 bits per heavy atom.